The molecule has 0 radical (unpaired) electrons. The van der Waals surface area contributed by atoms with Crippen molar-refractivity contribution in [2.75, 3.05) is 19.8 Å². The molecule has 4 heterocycles. The van der Waals surface area contributed by atoms with E-state index in [1.54, 1.807) is 0 Å². The van der Waals surface area contributed by atoms with Gasteiger partial charge in [-0.2, -0.15) is 0 Å². The van der Waals surface area contributed by atoms with E-state index in [-0.39, 0.29) is 41.3 Å². The highest BCUT2D eigenvalue weighted by Gasteiger charge is 2.69. The maximum Gasteiger partial charge on any atom is 0.187 e. The highest BCUT2D eigenvalue weighted by atomic mass is 16.7. The lowest BCUT2D eigenvalue weighted by molar-refractivity contribution is -0.364. The van der Waals surface area contributed by atoms with Crippen molar-refractivity contribution in [3.63, 3.8) is 0 Å². The smallest absolute Gasteiger partial charge is 0.187 e. The van der Waals surface area contributed by atoms with E-state index in [0.717, 1.165) is 32.1 Å². The van der Waals surface area contributed by atoms with Crippen LogP contribution in [0.25, 0.3) is 0 Å². The largest absolute Gasteiger partial charge is 0.394 e. The minimum absolute atomic E-state index is 0.0553. The molecular weight excluding hydrogens is 856 g/mol. The van der Waals surface area contributed by atoms with Crippen LogP contribution in [0.2, 0.25) is 0 Å². The second-order valence-electron chi connectivity index (χ2n) is 22.6. The summed E-state index contributed by atoms with van der Waals surface area (Å²) >= 11 is 0. The first-order valence-electron chi connectivity index (χ1n) is 24.1. The van der Waals surface area contributed by atoms with Crippen LogP contribution in [0, 0.1) is 51.8 Å². The van der Waals surface area contributed by atoms with Crippen LogP contribution < -0.4 is 0 Å². The van der Waals surface area contributed by atoms with Gasteiger partial charge in [0.25, 0.3) is 0 Å². The number of rotatable bonds is 12. The third-order valence-corrected chi connectivity index (χ3v) is 18.2. The molecule has 65 heavy (non-hydrogen) atoms. The van der Waals surface area contributed by atoms with Gasteiger partial charge in [-0.25, -0.2) is 0 Å². The van der Waals surface area contributed by atoms with Crippen LogP contribution in [0.15, 0.2) is 0 Å². The predicted molar refractivity (Wildman–Crippen MR) is 224 cm³/mol. The fourth-order valence-corrected chi connectivity index (χ4v) is 14.3. The third-order valence-electron chi connectivity index (χ3n) is 18.2. The fraction of sp³-hybridized carbons (Fsp3) is 1.00. The summed E-state index contributed by atoms with van der Waals surface area (Å²) in [6.45, 7) is 11.1. The monoisotopic (exact) mass is 935 g/mol. The molecule has 8 aliphatic rings. The molecule has 0 spiro atoms. The molecule has 8 fully saturated rings. The van der Waals surface area contributed by atoms with Crippen LogP contribution in [-0.4, -0.2) is 197 Å². The molecule has 0 bridgehead atoms. The highest BCUT2D eigenvalue weighted by Crippen LogP contribution is 2.71. The first-order valence-corrected chi connectivity index (χ1v) is 24.1. The van der Waals surface area contributed by atoms with Gasteiger partial charge in [-0.3, -0.25) is 0 Å². The summed E-state index contributed by atoms with van der Waals surface area (Å²) in [7, 11) is 0. The summed E-state index contributed by atoms with van der Waals surface area (Å²) in [4.78, 5) is 0. The molecule has 19 heteroatoms. The van der Waals surface area contributed by atoms with E-state index < -0.39 is 129 Å². The Morgan fingerprint density at radius 1 is 0.662 bits per heavy atom. The summed E-state index contributed by atoms with van der Waals surface area (Å²) in [6, 6.07) is 0. The van der Waals surface area contributed by atoms with E-state index in [4.69, 9.17) is 33.2 Å². The topological polar surface area (TPSA) is 307 Å². The Bertz CT molecular complexity index is 1620. The van der Waals surface area contributed by atoms with Gasteiger partial charge in [-0.15, -0.1) is 0 Å². The molecule has 0 aromatic heterocycles. The quantitative estimate of drug-likeness (QED) is 0.100. The molecule has 19 nitrogen and oxygen atoms in total. The molecule has 4 saturated carbocycles. The summed E-state index contributed by atoms with van der Waals surface area (Å²) < 4.78 is 41.6. The van der Waals surface area contributed by atoms with Gasteiger partial charge >= 0.3 is 0 Å². The first-order chi connectivity index (χ1) is 30.5. The molecule has 12 N–H and O–H groups in total. The molecule has 0 amide bonds. The lowest BCUT2D eigenvalue weighted by Gasteiger charge is -2.62. The number of hydrogen-bond acceptors (Lipinski definition) is 19. The molecule has 0 aromatic carbocycles. The second kappa shape index (κ2) is 18.8. The highest BCUT2D eigenvalue weighted by molar-refractivity contribution is 5.15. The van der Waals surface area contributed by atoms with Gasteiger partial charge in [0.2, 0.25) is 0 Å². The molecule has 27 atom stereocenters. The van der Waals surface area contributed by atoms with Crippen LogP contribution in [0.4, 0.5) is 0 Å². The number of hydrogen-bond donors (Lipinski definition) is 12. The van der Waals surface area contributed by atoms with E-state index in [1.807, 2.05) is 13.8 Å². The molecule has 4 aliphatic heterocycles. The van der Waals surface area contributed by atoms with Gasteiger partial charge < -0.3 is 94.4 Å². The van der Waals surface area contributed by atoms with Gasteiger partial charge in [-0.05, 0) is 104 Å². The van der Waals surface area contributed by atoms with E-state index in [0.29, 0.717) is 43.4 Å². The number of aliphatic hydroxyl groups excluding tert-OH is 11. The summed E-state index contributed by atoms with van der Waals surface area (Å²) in [5.74, 6) is 0.0198. The zero-order valence-electron chi connectivity index (χ0n) is 38.6. The maximum absolute atomic E-state index is 12.2. The Balaban J connectivity index is 0.860. The molecule has 4 aliphatic carbocycles. The van der Waals surface area contributed by atoms with Crippen molar-refractivity contribution in [2.24, 2.45) is 51.8 Å². The van der Waals surface area contributed by atoms with Crippen molar-refractivity contribution in [1.29, 1.82) is 0 Å². The Morgan fingerprint density at radius 2 is 1.29 bits per heavy atom. The minimum atomic E-state index is -1.68. The Hall–Kier alpha value is -0.760. The molecule has 27 unspecified atom stereocenters. The zero-order chi connectivity index (χ0) is 47.3. The van der Waals surface area contributed by atoms with Gasteiger partial charge in [0.05, 0.1) is 44.2 Å². The van der Waals surface area contributed by atoms with Crippen LogP contribution in [0.3, 0.4) is 0 Å². The van der Waals surface area contributed by atoms with Crippen molar-refractivity contribution in [3.8, 4) is 0 Å². The first kappa shape index (κ1) is 50.6. The molecule has 0 aromatic rings. The van der Waals surface area contributed by atoms with E-state index in [2.05, 4.69) is 20.8 Å². The lowest BCUT2D eigenvalue weighted by atomic mass is 9.44. The molecule has 8 rings (SSSR count). The number of aliphatic hydroxyl groups is 12. The summed E-state index contributed by atoms with van der Waals surface area (Å²) in [5.41, 5.74) is -0.730. The third kappa shape index (κ3) is 8.90. The lowest BCUT2D eigenvalue weighted by Crippen LogP contribution is -2.65. The Kier molecular flexibility index (Phi) is 14.6. The van der Waals surface area contributed by atoms with Crippen molar-refractivity contribution in [1.82, 2.24) is 0 Å². The molecule has 376 valence electrons. The zero-order valence-corrected chi connectivity index (χ0v) is 38.6. The van der Waals surface area contributed by atoms with E-state index in [1.165, 1.54) is 6.92 Å². The van der Waals surface area contributed by atoms with Gasteiger partial charge in [0.1, 0.15) is 67.1 Å². The SMILES string of the molecule is CC1OC(OC2C(CO)OC(OC3CC4CCC5C(CCC6(C)C5CC5OC(O)(CCC(C)(C)COC7OC(CO)C(O)C(O)C7O)C(C)C56)C4(C)CC3O)C(O)C2O)C(O)C(O)C1O. The number of ether oxygens (including phenoxy) is 7. The molecule has 4 saturated heterocycles. The van der Waals surface area contributed by atoms with Gasteiger partial charge in [0.15, 0.2) is 24.7 Å². The summed E-state index contributed by atoms with van der Waals surface area (Å²) in [6.07, 6.45) is -16.3. The summed E-state index contributed by atoms with van der Waals surface area (Å²) in [5, 5.41) is 128. The predicted octanol–water partition coefficient (Wildman–Crippen LogP) is -1.39. The Labute approximate surface area is 380 Å². The Morgan fingerprint density at radius 3 is 1.98 bits per heavy atom. The standard InChI is InChI=1S/C46H78O19/c1-19-30-27(65-46(19,58)12-11-43(3,4)18-59-40-36(55)34(53)32(51)28(16-47)62-40)14-24-22-8-7-21-13-26(25(49)15-45(21,6)23(22)9-10-44(24,30)5)61-42-38(57)35(54)39(29(17-48)63-42)64-41-37(56)33(52)31(50)20(2)60-41/h19-42,47-58H,7-18H2,1-6H3. The normalized spacial score (nSPS) is 55.8. The van der Waals surface area contributed by atoms with Gasteiger partial charge in [0, 0.05) is 12.3 Å². The van der Waals surface area contributed by atoms with Crippen molar-refractivity contribution in [3.05, 3.63) is 0 Å². The van der Waals surface area contributed by atoms with Crippen LogP contribution in [-0.2, 0) is 33.2 Å². The van der Waals surface area contributed by atoms with Crippen molar-refractivity contribution in [2.45, 2.75) is 216 Å². The average molecular weight is 935 g/mol. The van der Waals surface area contributed by atoms with Gasteiger partial charge in [-0.1, -0.05) is 34.6 Å². The average Bonchev–Trinajstić information content (AvgIpc) is 3.70. The fourth-order valence-electron chi connectivity index (χ4n) is 14.3. The van der Waals surface area contributed by atoms with Crippen LogP contribution in [0.1, 0.15) is 99.3 Å². The second-order valence-corrected chi connectivity index (χ2v) is 22.6. The van der Waals surface area contributed by atoms with E-state index in [9.17, 15) is 61.3 Å². The van der Waals surface area contributed by atoms with Crippen molar-refractivity contribution >= 4 is 0 Å². The molecular formula is C46H78O19. The maximum atomic E-state index is 12.2. The van der Waals surface area contributed by atoms with Crippen LogP contribution in [0.5, 0.6) is 0 Å². The van der Waals surface area contributed by atoms with Crippen LogP contribution >= 0.6 is 0 Å². The van der Waals surface area contributed by atoms with E-state index >= 15 is 0 Å². The number of fused-ring (bicyclic) bond motifs is 7. The van der Waals surface area contributed by atoms with Crippen molar-refractivity contribution < 1.29 is 94.4 Å². The minimum Gasteiger partial charge on any atom is -0.394 e.